The molecule has 1 aromatic carbocycles. The van der Waals surface area contributed by atoms with Crippen LogP contribution in [-0.2, 0) is 4.79 Å². The molecule has 70 valence electrons. The van der Waals surface area contributed by atoms with Crippen molar-refractivity contribution >= 4 is 12.0 Å². The molecule has 1 aromatic rings. The van der Waals surface area contributed by atoms with Crippen molar-refractivity contribution in [3.8, 4) is 0 Å². The molecule has 0 aliphatic carbocycles. The Morgan fingerprint density at radius 3 is 2.33 bits per heavy atom. The SMILES string of the molecule is O=C(O)C=Cc1ccccc1.[Yb]. The van der Waals surface area contributed by atoms with E-state index in [-0.39, 0.29) is 46.9 Å². The molecular formula is C9H8O2Yb. The van der Waals surface area contributed by atoms with Gasteiger partial charge in [0.05, 0.1) is 0 Å². The van der Waals surface area contributed by atoms with Gasteiger partial charge in [0.1, 0.15) is 0 Å². The summed E-state index contributed by atoms with van der Waals surface area (Å²) in [5.74, 6) is -0.922. The van der Waals surface area contributed by atoms with Gasteiger partial charge in [0.15, 0.2) is 0 Å². The molecule has 0 amide bonds. The van der Waals surface area contributed by atoms with E-state index in [1.165, 1.54) is 0 Å². The number of hydrogen-bond acceptors (Lipinski definition) is 1. The molecule has 0 atom stereocenters. The largest absolute Gasteiger partial charge is 0.478 e. The zero-order valence-corrected chi connectivity index (χ0v) is 7.88. The van der Waals surface area contributed by atoms with Crippen LogP contribution in [0.3, 0.4) is 0 Å². The van der Waals surface area contributed by atoms with Crippen molar-refractivity contribution in [2.45, 2.75) is 0 Å². The maximum atomic E-state index is 10.1. The zero-order valence-electron chi connectivity index (χ0n) is 6.16. The molecule has 1 rings (SSSR count). The second-order valence-electron chi connectivity index (χ2n) is 2.08. The molecule has 2 nitrogen and oxygen atoms in total. The molecule has 0 aliphatic rings. The topological polar surface area (TPSA) is 37.3 Å². The standard InChI is InChI=1S/C9H8O2.Yb/c10-9(11)7-6-8-4-2-1-3-5-8;/h1-7H,(H,10,11);. The molecule has 0 aliphatic heterocycles. The number of carboxylic acid groups (broad SMARTS) is 1. The Balaban J connectivity index is 0.00000121. The van der Waals surface area contributed by atoms with Gasteiger partial charge in [-0.15, -0.1) is 0 Å². The van der Waals surface area contributed by atoms with Gasteiger partial charge >= 0.3 is 5.97 Å². The summed E-state index contributed by atoms with van der Waals surface area (Å²) in [6, 6.07) is 9.31. The molecular weight excluding hydrogens is 313 g/mol. The van der Waals surface area contributed by atoms with E-state index < -0.39 is 5.97 Å². The smallest absolute Gasteiger partial charge is 0.328 e. The fourth-order valence-electron chi connectivity index (χ4n) is 0.732. The Bertz CT molecular complexity index is 267. The monoisotopic (exact) mass is 322 g/mol. The van der Waals surface area contributed by atoms with Gasteiger partial charge in [-0.3, -0.25) is 0 Å². The van der Waals surface area contributed by atoms with E-state index in [0.717, 1.165) is 11.6 Å². The van der Waals surface area contributed by atoms with E-state index in [1.807, 2.05) is 30.3 Å². The molecule has 3 heteroatoms. The molecule has 1 N–H and O–H groups in total. The molecule has 0 saturated heterocycles. The predicted octanol–water partition coefficient (Wildman–Crippen LogP) is 1.78. The molecule has 0 bridgehead atoms. The van der Waals surface area contributed by atoms with E-state index in [0.29, 0.717) is 0 Å². The molecule has 0 heterocycles. The van der Waals surface area contributed by atoms with Gasteiger partial charge in [-0.2, -0.15) is 0 Å². The van der Waals surface area contributed by atoms with Crippen LogP contribution in [0.15, 0.2) is 36.4 Å². The van der Waals surface area contributed by atoms with Crippen molar-refractivity contribution in [1.82, 2.24) is 0 Å². The minimum absolute atomic E-state index is 0. The number of hydrogen-bond donors (Lipinski definition) is 1. The summed E-state index contributed by atoms with van der Waals surface area (Å²) in [7, 11) is 0. The van der Waals surface area contributed by atoms with Crippen LogP contribution in [0.4, 0.5) is 0 Å². The maximum absolute atomic E-state index is 10.1. The predicted molar refractivity (Wildman–Crippen MR) is 43.1 cm³/mol. The molecule has 0 unspecified atom stereocenters. The molecule has 0 aromatic heterocycles. The summed E-state index contributed by atoms with van der Waals surface area (Å²) in [5.41, 5.74) is 0.898. The van der Waals surface area contributed by atoms with Crippen molar-refractivity contribution < 1.29 is 56.8 Å². The van der Waals surface area contributed by atoms with Gasteiger partial charge in [0.25, 0.3) is 0 Å². The van der Waals surface area contributed by atoms with Crippen molar-refractivity contribution in [2.24, 2.45) is 0 Å². The first-order valence-corrected chi connectivity index (χ1v) is 3.25. The third-order valence-corrected chi connectivity index (χ3v) is 1.22. The number of rotatable bonds is 2. The minimum atomic E-state index is -0.922. The van der Waals surface area contributed by atoms with E-state index in [1.54, 1.807) is 6.08 Å². The Morgan fingerprint density at radius 1 is 1.25 bits per heavy atom. The van der Waals surface area contributed by atoms with Gasteiger partial charge in [-0.05, 0) is 11.6 Å². The number of carbonyl (C=O) groups is 1. The van der Waals surface area contributed by atoms with Gasteiger partial charge in [0.2, 0.25) is 0 Å². The van der Waals surface area contributed by atoms with E-state index in [9.17, 15) is 4.79 Å². The van der Waals surface area contributed by atoms with E-state index in [4.69, 9.17) is 5.11 Å². The summed E-state index contributed by atoms with van der Waals surface area (Å²) in [6.45, 7) is 0. The number of benzene rings is 1. The molecule has 0 radical (unpaired) electrons. The molecule has 0 spiro atoms. The first-order valence-electron chi connectivity index (χ1n) is 3.25. The second kappa shape index (κ2) is 6.46. The first kappa shape index (κ1) is 11.9. The van der Waals surface area contributed by atoms with Crippen LogP contribution >= 0.6 is 0 Å². The Morgan fingerprint density at radius 2 is 1.83 bits per heavy atom. The van der Waals surface area contributed by atoms with Crippen LogP contribution in [0.1, 0.15) is 5.56 Å². The average Bonchev–Trinajstić information content (AvgIpc) is 2.03. The normalized spacial score (nSPS) is 9.33. The van der Waals surface area contributed by atoms with Crippen molar-refractivity contribution in [3.63, 3.8) is 0 Å². The van der Waals surface area contributed by atoms with Crippen LogP contribution in [0.5, 0.6) is 0 Å². The van der Waals surface area contributed by atoms with Gasteiger partial charge in [0, 0.05) is 53.0 Å². The Labute approximate surface area is 110 Å². The summed E-state index contributed by atoms with van der Waals surface area (Å²) in [5, 5.41) is 8.29. The van der Waals surface area contributed by atoms with Gasteiger partial charge in [-0.1, -0.05) is 30.3 Å². The first-order chi connectivity index (χ1) is 5.29. The van der Waals surface area contributed by atoms with Crippen molar-refractivity contribution in [2.75, 3.05) is 0 Å². The molecule has 0 saturated carbocycles. The van der Waals surface area contributed by atoms with Crippen molar-refractivity contribution in [1.29, 1.82) is 0 Å². The zero-order chi connectivity index (χ0) is 8.10. The van der Waals surface area contributed by atoms with Crippen LogP contribution in [0, 0.1) is 46.9 Å². The van der Waals surface area contributed by atoms with Gasteiger partial charge < -0.3 is 5.11 Å². The second-order valence-corrected chi connectivity index (χ2v) is 2.08. The third kappa shape index (κ3) is 4.75. The van der Waals surface area contributed by atoms with E-state index >= 15 is 0 Å². The van der Waals surface area contributed by atoms with Crippen LogP contribution in [0.2, 0.25) is 0 Å². The van der Waals surface area contributed by atoms with E-state index in [2.05, 4.69) is 0 Å². The van der Waals surface area contributed by atoms with Crippen LogP contribution in [-0.4, -0.2) is 11.1 Å². The summed E-state index contributed by atoms with van der Waals surface area (Å²) < 4.78 is 0. The maximum Gasteiger partial charge on any atom is 0.328 e. The Hall–Kier alpha value is -0.0505. The van der Waals surface area contributed by atoms with Crippen molar-refractivity contribution in [3.05, 3.63) is 42.0 Å². The average molecular weight is 321 g/mol. The quantitative estimate of drug-likeness (QED) is 0.843. The summed E-state index contributed by atoms with van der Waals surface area (Å²) >= 11 is 0. The molecule has 0 fully saturated rings. The fourth-order valence-corrected chi connectivity index (χ4v) is 0.732. The Kier molecular flexibility index (Phi) is 6.44. The molecule has 12 heavy (non-hydrogen) atoms. The third-order valence-electron chi connectivity index (χ3n) is 1.22. The van der Waals surface area contributed by atoms with Gasteiger partial charge in [-0.25, -0.2) is 4.79 Å². The van der Waals surface area contributed by atoms with Crippen LogP contribution in [0.25, 0.3) is 6.08 Å². The minimum Gasteiger partial charge on any atom is -0.478 e. The summed E-state index contributed by atoms with van der Waals surface area (Å²) in [4.78, 5) is 10.1. The fraction of sp³-hybridized carbons (Fsp3) is 0. The van der Waals surface area contributed by atoms with Crippen LogP contribution < -0.4 is 0 Å². The summed E-state index contributed by atoms with van der Waals surface area (Å²) in [6.07, 6.45) is 2.68. The number of carboxylic acids is 1. The number of aliphatic carboxylic acids is 1.